The Morgan fingerprint density at radius 2 is 1.69 bits per heavy atom. The molecule has 0 rings (SSSR count). The number of carbonyl (C=O) groups is 1. The molecule has 0 amide bonds. The van der Waals surface area contributed by atoms with Gasteiger partial charge in [0.05, 0.1) is 0 Å². The third-order valence-electron chi connectivity index (χ3n) is 2.87. The second-order valence-corrected chi connectivity index (χ2v) is 5.39. The van der Waals surface area contributed by atoms with Crippen LogP contribution in [0, 0.1) is 11.8 Å². The average Bonchev–Trinajstić information content (AvgIpc) is 2.16. The van der Waals surface area contributed by atoms with Gasteiger partial charge in [-0.2, -0.15) is 0 Å². The van der Waals surface area contributed by atoms with Gasteiger partial charge < -0.3 is 0 Å². The molecule has 1 atom stereocenters. The van der Waals surface area contributed by atoms with Crippen LogP contribution in [-0.4, -0.2) is 5.78 Å². The molecule has 0 saturated carbocycles. The molecule has 0 saturated heterocycles. The highest BCUT2D eigenvalue weighted by Gasteiger charge is 2.00. The van der Waals surface area contributed by atoms with Crippen molar-refractivity contribution in [1.82, 2.24) is 0 Å². The Hall–Kier alpha value is -0.590. The van der Waals surface area contributed by atoms with Gasteiger partial charge in [-0.05, 0) is 31.3 Å². The molecular weight excluding hydrogens is 196 g/mol. The summed E-state index contributed by atoms with van der Waals surface area (Å²) in [5, 5.41) is 0. The molecule has 0 bridgehead atoms. The van der Waals surface area contributed by atoms with Gasteiger partial charge in [0.25, 0.3) is 0 Å². The van der Waals surface area contributed by atoms with Crippen molar-refractivity contribution in [2.45, 2.75) is 66.2 Å². The smallest absolute Gasteiger partial charge is 0.152 e. The van der Waals surface area contributed by atoms with Crippen LogP contribution < -0.4 is 0 Å². The molecule has 0 aliphatic carbocycles. The van der Waals surface area contributed by atoms with Crippen molar-refractivity contribution < 1.29 is 4.79 Å². The van der Waals surface area contributed by atoms with Crippen LogP contribution in [0.15, 0.2) is 12.2 Å². The highest BCUT2D eigenvalue weighted by atomic mass is 16.1. The molecule has 94 valence electrons. The molecule has 0 aromatic heterocycles. The molecule has 1 unspecified atom stereocenters. The van der Waals surface area contributed by atoms with E-state index in [9.17, 15) is 4.79 Å². The minimum absolute atomic E-state index is 0.157. The molecule has 16 heavy (non-hydrogen) atoms. The minimum atomic E-state index is 0.157. The van der Waals surface area contributed by atoms with Gasteiger partial charge >= 0.3 is 0 Å². The van der Waals surface area contributed by atoms with Gasteiger partial charge in [-0.15, -0.1) is 0 Å². The van der Waals surface area contributed by atoms with Crippen molar-refractivity contribution >= 4 is 5.78 Å². The van der Waals surface area contributed by atoms with Gasteiger partial charge in [0.15, 0.2) is 5.78 Å². The average molecular weight is 224 g/mol. The predicted molar refractivity (Wildman–Crippen MR) is 71.5 cm³/mol. The standard InChI is InChI=1S/C15H28O/c1-13(2)9-6-5-7-10-14(3)11-8-12-15(4)16/h8,12-14H,5-7,9-11H2,1-4H3/b12-8+. The van der Waals surface area contributed by atoms with Gasteiger partial charge in [-0.25, -0.2) is 0 Å². The van der Waals surface area contributed by atoms with Crippen LogP contribution in [0.1, 0.15) is 66.2 Å². The highest BCUT2D eigenvalue weighted by molar-refractivity contribution is 5.87. The molecule has 0 aromatic carbocycles. The second-order valence-electron chi connectivity index (χ2n) is 5.39. The molecule has 0 aliphatic rings. The predicted octanol–water partition coefficient (Wildman–Crippen LogP) is 4.76. The lowest BCUT2D eigenvalue weighted by Crippen LogP contribution is -1.94. The fraction of sp³-hybridized carbons (Fsp3) is 0.800. The van der Waals surface area contributed by atoms with E-state index in [2.05, 4.69) is 20.8 Å². The minimum Gasteiger partial charge on any atom is -0.295 e. The number of carbonyl (C=O) groups excluding carboxylic acids is 1. The van der Waals surface area contributed by atoms with Crippen LogP contribution in [0.4, 0.5) is 0 Å². The molecule has 1 nitrogen and oxygen atoms in total. The van der Waals surface area contributed by atoms with E-state index in [1.165, 1.54) is 32.1 Å². The first-order chi connectivity index (χ1) is 7.52. The maximum Gasteiger partial charge on any atom is 0.152 e. The molecule has 0 N–H and O–H groups in total. The summed E-state index contributed by atoms with van der Waals surface area (Å²) < 4.78 is 0. The van der Waals surface area contributed by atoms with E-state index in [0.717, 1.165) is 18.3 Å². The first kappa shape index (κ1) is 15.4. The van der Waals surface area contributed by atoms with Crippen LogP contribution in [0.25, 0.3) is 0 Å². The van der Waals surface area contributed by atoms with Crippen molar-refractivity contribution in [2.24, 2.45) is 11.8 Å². The van der Waals surface area contributed by atoms with Crippen molar-refractivity contribution in [3.63, 3.8) is 0 Å². The Morgan fingerprint density at radius 1 is 1.06 bits per heavy atom. The van der Waals surface area contributed by atoms with Crippen LogP contribution >= 0.6 is 0 Å². The van der Waals surface area contributed by atoms with Crippen molar-refractivity contribution in [2.75, 3.05) is 0 Å². The molecule has 0 heterocycles. The molecule has 0 spiro atoms. The number of unbranched alkanes of at least 4 members (excludes halogenated alkanes) is 2. The Morgan fingerprint density at radius 3 is 2.25 bits per heavy atom. The van der Waals surface area contributed by atoms with E-state index in [1.54, 1.807) is 13.0 Å². The lowest BCUT2D eigenvalue weighted by Gasteiger charge is -2.08. The number of hydrogen-bond acceptors (Lipinski definition) is 1. The molecular formula is C15H28O. The number of ketones is 1. The summed E-state index contributed by atoms with van der Waals surface area (Å²) in [5.74, 6) is 1.72. The van der Waals surface area contributed by atoms with E-state index < -0.39 is 0 Å². The van der Waals surface area contributed by atoms with E-state index in [4.69, 9.17) is 0 Å². The maximum absolute atomic E-state index is 10.7. The summed E-state index contributed by atoms with van der Waals surface area (Å²) in [6.07, 6.45) is 11.5. The van der Waals surface area contributed by atoms with Gasteiger partial charge in [-0.3, -0.25) is 4.79 Å². The van der Waals surface area contributed by atoms with E-state index in [-0.39, 0.29) is 5.78 Å². The highest BCUT2D eigenvalue weighted by Crippen LogP contribution is 2.15. The summed E-state index contributed by atoms with van der Waals surface area (Å²) >= 11 is 0. The first-order valence-corrected chi connectivity index (χ1v) is 6.69. The Labute approximate surface area is 101 Å². The zero-order chi connectivity index (χ0) is 12.4. The topological polar surface area (TPSA) is 17.1 Å². The molecule has 0 aliphatic heterocycles. The van der Waals surface area contributed by atoms with E-state index in [0.29, 0.717) is 0 Å². The van der Waals surface area contributed by atoms with Crippen molar-refractivity contribution in [1.29, 1.82) is 0 Å². The SMILES string of the molecule is CC(=O)/C=C/CC(C)CCCCCC(C)C. The van der Waals surface area contributed by atoms with E-state index in [1.807, 2.05) is 6.08 Å². The first-order valence-electron chi connectivity index (χ1n) is 6.69. The summed E-state index contributed by atoms with van der Waals surface area (Å²) in [7, 11) is 0. The third-order valence-corrected chi connectivity index (χ3v) is 2.87. The number of rotatable bonds is 9. The lowest BCUT2D eigenvalue weighted by molar-refractivity contribution is -0.112. The summed E-state index contributed by atoms with van der Waals surface area (Å²) in [6, 6.07) is 0. The second kappa shape index (κ2) is 9.62. The third kappa shape index (κ3) is 11.5. The van der Waals surface area contributed by atoms with Gasteiger partial charge in [-0.1, -0.05) is 59.0 Å². The Kier molecular flexibility index (Phi) is 9.27. The maximum atomic E-state index is 10.7. The van der Waals surface area contributed by atoms with E-state index >= 15 is 0 Å². The summed E-state index contributed by atoms with van der Waals surface area (Å²) in [5.41, 5.74) is 0. The Bertz CT molecular complexity index is 203. The van der Waals surface area contributed by atoms with Crippen molar-refractivity contribution in [3.05, 3.63) is 12.2 Å². The van der Waals surface area contributed by atoms with Gasteiger partial charge in [0.2, 0.25) is 0 Å². The fourth-order valence-electron chi connectivity index (χ4n) is 1.81. The lowest BCUT2D eigenvalue weighted by atomic mass is 9.98. The largest absolute Gasteiger partial charge is 0.295 e. The number of hydrogen-bond donors (Lipinski definition) is 0. The Balaban J connectivity index is 3.37. The fourth-order valence-corrected chi connectivity index (χ4v) is 1.81. The monoisotopic (exact) mass is 224 g/mol. The van der Waals surface area contributed by atoms with Crippen LogP contribution in [0.3, 0.4) is 0 Å². The molecule has 0 radical (unpaired) electrons. The van der Waals surface area contributed by atoms with Crippen LogP contribution in [0.5, 0.6) is 0 Å². The molecule has 1 heteroatoms. The van der Waals surface area contributed by atoms with Gasteiger partial charge in [0.1, 0.15) is 0 Å². The van der Waals surface area contributed by atoms with Crippen LogP contribution in [0.2, 0.25) is 0 Å². The normalized spacial score (nSPS) is 13.6. The summed E-state index contributed by atoms with van der Waals surface area (Å²) in [4.78, 5) is 10.7. The zero-order valence-corrected chi connectivity index (χ0v) is 11.5. The van der Waals surface area contributed by atoms with Crippen LogP contribution in [-0.2, 0) is 4.79 Å². The number of allylic oxidation sites excluding steroid dienone is 2. The zero-order valence-electron chi connectivity index (χ0n) is 11.5. The molecule has 0 aromatic rings. The quantitative estimate of drug-likeness (QED) is 0.407. The van der Waals surface area contributed by atoms with Crippen molar-refractivity contribution in [3.8, 4) is 0 Å². The molecule has 0 fully saturated rings. The van der Waals surface area contributed by atoms with Gasteiger partial charge in [0, 0.05) is 0 Å². The summed E-state index contributed by atoms with van der Waals surface area (Å²) in [6.45, 7) is 8.45.